The van der Waals surface area contributed by atoms with Gasteiger partial charge in [0.15, 0.2) is 9.93 Å². The number of hydrogen-bond donors (Lipinski definition) is 0. The maximum absolute atomic E-state index is 13.4. The first-order valence-corrected chi connectivity index (χ1v) is 9.64. The van der Waals surface area contributed by atoms with Crippen molar-refractivity contribution in [2.75, 3.05) is 0 Å². The summed E-state index contributed by atoms with van der Waals surface area (Å²) in [6, 6.07) is 18.5. The van der Waals surface area contributed by atoms with E-state index in [0.717, 1.165) is 21.8 Å². The van der Waals surface area contributed by atoms with Crippen LogP contribution in [0.15, 0.2) is 66.0 Å². The molecular formula is C20H13Cl2FOS. The molecule has 1 saturated carbocycles. The Balaban J connectivity index is 1.73. The van der Waals surface area contributed by atoms with Crippen molar-refractivity contribution in [2.45, 2.75) is 15.9 Å². The minimum atomic E-state index is -1.05. The third kappa shape index (κ3) is 2.00. The summed E-state index contributed by atoms with van der Waals surface area (Å²) >= 11 is 15.2. The van der Waals surface area contributed by atoms with Gasteiger partial charge in [-0.15, -0.1) is 11.3 Å². The molecule has 2 heterocycles. The van der Waals surface area contributed by atoms with Gasteiger partial charge in [0.25, 0.3) is 0 Å². The summed E-state index contributed by atoms with van der Waals surface area (Å²) in [6.45, 7) is 0. The van der Waals surface area contributed by atoms with Gasteiger partial charge in [-0.05, 0) is 35.2 Å². The summed E-state index contributed by atoms with van der Waals surface area (Å²) in [7, 11) is 0. The molecule has 5 heteroatoms. The Hall–Kier alpha value is -1.55. The van der Waals surface area contributed by atoms with Crippen molar-refractivity contribution < 1.29 is 9.13 Å². The van der Waals surface area contributed by atoms with Gasteiger partial charge < -0.3 is 4.74 Å². The summed E-state index contributed by atoms with van der Waals surface area (Å²) in [5.41, 5.74) is 1.26. The topological polar surface area (TPSA) is 9.23 Å². The van der Waals surface area contributed by atoms with E-state index in [2.05, 4.69) is 0 Å². The standard InChI is InChI=1S/C20H13Cl2FOS/c21-20(22)18-17(12-7-9-13(23)10-8-12)14-4-1-2-5-15(14)24-19(18,20)16-6-3-11-25-16/h1-11,17-18H/t17-,18+,19-/m1/s1. The summed E-state index contributed by atoms with van der Waals surface area (Å²) in [6.07, 6.45) is 0. The van der Waals surface area contributed by atoms with E-state index in [1.807, 2.05) is 53.9 Å². The molecule has 1 aliphatic heterocycles. The van der Waals surface area contributed by atoms with Crippen molar-refractivity contribution in [3.8, 4) is 5.75 Å². The highest BCUT2D eigenvalue weighted by atomic mass is 35.5. The summed E-state index contributed by atoms with van der Waals surface area (Å²) in [5, 5.41) is 2.00. The van der Waals surface area contributed by atoms with Crippen molar-refractivity contribution in [1.29, 1.82) is 0 Å². The number of halogens is 3. The molecule has 2 aliphatic rings. The van der Waals surface area contributed by atoms with Crippen molar-refractivity contribution in [1.82, 2.24) is 0 Å². The number of para-hydroxylation sites is 1. The second-order valence-electron chi connectivity index (χ2n) is 6.48. The fraction of sp³-hybridized carbons (Fsp3) is 0.200. The minimum Gasteiger partial charge on any atom is -0.478 e. The predicted octanol–water partition coefficient (Wildman–Crippen LogP) is 6.11. The van der Waals surface area contributed by atoms with E-state index in [0.29, 0.717) is 0 Å². The van der Waals surface area contributed by atoms with Crippen LogP contribution in [-0.2, 0) is 5.60 Å². The highest BCUT2D eigenvalue weighted by molar-refractivity contribution is 7.10. The number of fused-ring (bicyclic) bond motifs is 2. The van der Waals surface area contributed by atoms with Crippen LogP contribution in [0.4, 0.5) is 4.39 Å². The number of alkyl halides is 2. The zero-order chi connectivity index (χ0) is 17.2. The monoisotopic (exact) mass is 390 g/mol. The Morgan fingerprint density at radius 1 is 0.960 bits per heavy atom. The van der Waals surface area contributed by atoms with E-state index in [1.54, 1.807) is 11.3 Å². The molecule has 1 fully saturated rings. The number of hydrogen-bond acceptors (Lipinski definition) is 2. The van der Waals surface area contributed by atoms with Gasteiger partial charge in [-0.25, -0.2) is 4.39 Å². The largest absolute Gasteiger partial charge is 0.478 e. The second kappa shape index (κ2) is 5.23. The van der Waals surface area contributed by atoms with Gasteiger partial charge in [-0.1, -0.05) is 59.6 Å². The van der Waals surface area contributed by atoms with E-state index in [9.17, 15) is 4.39 Å². The molecule has 0 unspecified atom stereocenters. The van der Waals surface area contributed by atoms with E-state index >= 15 is 0 Å². The zero-order valence-corrected chi connectivity index (χ0v) is 15.3. The van der Waals surface area contributed by atoms with Crippen LogP contribution in [0.5, 0.6) is 5.75 Å². The maximum atomic E-state index is 13.4. The van der Waals surface area contributed by atoms with Gasteiger partial charge in [0.1, 0.15) is 11.6 Å². The van der Waals surface area contributed by atoms with E-state index < -0.39 is 9.93 Å². The number of benzene rings is 2. The number of ether oxygens (including phenoxy) is 1. The summed E-state index contributed by atoms with van der Waals surface area (Å²) in [5.74, 6) is 0.335. The van der Waals surface area contributed by atoms with Crippen molar-refractivity contribution in [2.24, 2.45) is 5.92 Å². The van der Waals surface area contributed by atoms with Crippen LogP contribution >= 0.6 is 34.5 Å². The Bertz CT molecular complexity index is 939. The lowest BCUT2D eigenvalue weighted by atomic mass is 9.83. The molecule has 1 aliphatic carbocycles. The Kier molecular flexibility index (Phi) is 3.28. The van der Waals surface area contributed by atoms with Crippen molar-refractivity contribution in [3.63, 3.8) is 0 Å². The van der Waals surface area contributed by atoms with Crippen LogP contribution < -0.4 is 4.74 Å². The molecule has 0 spiro atoms. The van der Waals surface area contributed by atoms with Crippen LogP contribution in [-0.4, -0.2) is 4.33 Å². The molecule has 5 rings (SSSR count). The minimum absolute atomic E-state index is 0.0531. The fourth-order valence-electron chi connectivity index (χ4n) is 4.06. The van der Waals surface area contributed by atoms with Crippen molar-refractivity contribution in [3.05, 3.63) is 87.9 Å². The molecule has 1 nitrogen and oxygen atoms in total. The smallest absolute Gasteiger partial charge is 0.183 e. The lowest BCUT2D eigenvalue weighted by molar-refractivity contribution is 0.141. The Morgan fingerprint density at radius 3 is 2.44 bits per heavy atom. The van der Waals surface area contributed by atoms with Crippen LogP contribution in [0, 0.1) is 11.7 Å². The van der Waals surface area contributed by atoms with Gasteiger partial charge in [0.05, 0.1) is 10.8 Å². The SMILES string of the molecule is Fc1ccc([C@@H]2c3ccccc3O[C@]3(c4cccs4)[C@H]2C3(Cl)Cl)cc1. The van der Waals surface area contributed by atoms with Gasteiger partial charge in [-0.2, -0.15) is 0 Å². The molecule has 0 bridgehead atoms. The molecule has 3 aromatic rings. The lowest BCUT2D eigenvalue weighted by Gasteiger charge is -2.31. The molecule has 0 radical (unpaired) electrons. The highest BCUT2D eigenvalue weighted by Crippen LogP contribution is 2.77. The molecule has 3 atom stereocenters. The second-order valence-corrected chi connectivity index (χ2v) is 8.82. The van der Waals surface area contributed by atoms with Gasteiger partial charge >= 0.3 is 0 Å². The van der Waals surface area contributed by atoms with Gasteiger partial charge in [0.2, 0.25) is 0 Å². The Labute approximate surface area is 159 Å². The Morgan fingerprint density at radius 2 is 1.72 bits per heavy atom. The fourth-order valence-corrected chi connectivity index (χ4v) is 6.11. The molecule has 1 aromatic heterocycles. The quantitative estimate of drug-likeness (QED) is 0.479. The third-order valence-electron chi connectivity index (χ3n) is 5.22. The first-order chi connectivity index (χ1) is 12.1. The molecule has 2 aromatic carbocycles. The summed E-state index contributed by atoms with van der Waals surface area (Å²) in [4.78, 5) is 1.02. The number of rotatable bonds is 2. The molecular weight excluding hydrogens is 378 g/mol. The molecule has 0 saturated heterocycles. The molecule has 0 N–H and O–H groups in total. The van der Waals surface area contributed by atoms with E-state index in [-0.39, 0.29) is 17.7 Å². The van der Waals surface area contributed by atoms with Crippen LogP contribution in [0.25, 0.3) is 0 Å². The van der Waals surface area contributed by atoms with Gasteiger partial charge in [0, 0.05) is 11.5 Å². The third-order valence-corrected chi connectivity index (χ3v) is 7.23. The van der Waals surface area contributed by atoms with Crippen molar-refractivity contribution >= 4 is 34.5 Å². The highest BCUT2D eigenvalue weighted by Gasteiger charge is 2.84. The first kappa shape index (κ1) is 15.7. The number of thiophene rings is 1. The summed E-state index contributed by atoms with van der Waals surface area (Å²) < 4.78 is 18.8. The van der Waals surface area contributed by atoms with Crippen LogP contribution in [0.3, 0.4) is 0 Å². The normalized spacial score (nSPS) is 28.6. The van der Waals surface area contributed by atoms with Crippen LogP contribution in [0.2, 0.25) is 0 Å². The maximum Gasteiger partial charge on any atom is 0.183 e. The predicted molar refractivity (Wildman–Crippen MR) is 99.2 cm³/mol. The first-order valence-electron chi connectivity index (χ1n) is 8.01. The molecule has 126 valence electrons. The van der Waals surface area contributed by atoms with E-state index in [4.69, 9.17) is 27.9 Å². The molecule has 25 heavy (non-hydrogen) atoms. The zero-order valence-electron chi connectivity index (χ0n) is 13.0. The molecule has 0 amide bonds. The average Bonchev–Trinajstić information content (AvgIpc) is 2.99. The average molecular weight is 391 g/mol. The van der Waals surface area contributed by atoms with Gasteiger partial charge in [-0.3, -0.25) is 0 Å². The lowest BCUT2D eigenvalue weighted by Crippen LogP contribution is -2.27. The van der Waals surface area contributed by atoms with E-state index in [1.165, 1.54) is 12.1 Å². The van der Waals surface area contributed by atoms with Crippen LogP contribution in [0.1, 0.15) is 21.9 Å².